The first-order valence-electron chi connectivity index (χ1n) is 12.0. The highest BCUT2D eigenvalue weighted by Gasteiger charge is 2.16. The minimum Gasteiger partial charge on any atom is -0.494 e. The summed E-state index contributed by atoms with van der Waals surface area (Å²) < 4.78 is 6.01. The Hall–Kier alpha value is -3.08. The van der Waals surface area contributed by atoms with Gasteiger partial charge in [0.05, 0.1) is 12.3 Å². The molecule has 174 valence electrons. The van der Waals surface area contributed by atoms with Crippen molar-refractivity contribution >= 4 is 28.1 Å². The van der Waals surface area contributed by atoms with Gasteiger partial charge >= 0.3 is 0 Å². The molecule has 3 aromatic carbocycles. The van der Waals surface area contributed by atoms with Crippen molar-refractivity contribution < 1.29 is 4.74 Å². The Morgan fingerprint density at radius 2 is 1.59 bits per heavy atom. The molecule has 0 spiro atoms. The quantitative estimate of drug-likeness (QED) is 0.291. The van der Waals surface area contributed by atoms with Crippen LogP contribution in [0, 0.1) is 0 Å². The van der Waals surface area contributed by atoms with E-state index in [-0.39, 0.29) is 0 Å². The van der Waals surface area contributed by atoms with Crippen molar-refractivity contribution in [3.63, 3.8) is 0 Å². The highest BCUT2D eigenvalue weighted by Crippen LogP contribution is 2.21. The van der Waals surface area contributed by atoms with E-state index in [0.29, 0.717) is 0 Å². The minimum atomic E-state index is 0.738. The Balaban J connectivity index is 1.05. The van der Waals surface area contributed by atoms with Crippen molar-refractivity contribution in [3.8, 4) is 5.75 Å². The van der Waals surface area contributed by atoms with Crippen molar-refractivity contribution in [2.75, 3.05) is 44.2 Å². The Bertz CT molecular complexity index is 1200. The number of hydrogen-bond acceptors (Lipinski definition) is 4. The molecule has 1 saturated heterocycles. The Morgan fingerprint density at radius 3 is 2.38 bits per heavy atom. The predicted molar refractivity (Wildman–Crippen MR) is 141 cm³/mol. The van der Waals surface area contributed by atoms with Crippen LogP contribution in [0.4, 0.5) is 5.69 Å². The van der Waals surface area contributed by atoms with Gasteiger partial charge in [-0.05, 0) is 59.8 Å². The molecule has 4 aromatic rings. The van der Waals surface area contributed by atoms with Crippen LogP contribution in [0.3, 0.4) is 0 Å². The number of nitrogens with zero attached hydrogens (tertiary/aromatic N) is 3. The van der Waals surface area contributed by atoms with Crippen molar-refractivity contribution in [2.24, 2.45) is 0 Å². The first-order valence-corrected chi connectivity index (χ1v) is 12.4. The standard InChI is InChI=1S/C29H30ClN3O/c30-25-8-10-26(11-9-25)33-19-17-32(18-20-33)16-3-21-34-27-12-6-23(7-13-27)22-29-28-5-2-1-4-24(28)14-15-31-29/h1-2,4-15H,3,16-22H2. The molecule has 1 aliphatic rings. The molecule has 1 fully saturated rings. The van der Waals surface area contributed by atoms with Gasteiger partial charge in [0.1, 0.15) is 5.75 Å². The van der Waals surface area contributed by atoms with Crippen LogP contribution < -0.4 is 9.64 Å². The monoisotopic (exact) mass is 471 g/mol. The third kappa shape index (κ3) is 5.69. The van der Waals surface area contributed by atoms with E-state index in [2.05, 4.69) is 81.5 Å². The zero-order chi connectivity index (χ0) is 23.2. The summed E-state index contributed by atoms with van der Waals surface area (Å²) in [5.74, 6) is 0.933. The summed E-state index contributed by atoms with van der Waals surface area (Å²) in [6.07, 6.45) is 3.75. The summed E-state index contributed by atoms with van der Waals surface area (Å²) in [4.78, 5) is 9.56. The number of pyridine rings is 1. The van der Waals surface area contributed by atoms with Gasteiger partial charge in [-0.25, -0.2) is 0 Å². The highest BCUT2D eigenvalue weighted by molar-refractivity contribution is 6.30. The molecule has 5 rings (SSSR count). The van der Waals surface area contributed by atoms with E-state index in [4.69, 9.17) is 16.3 Å². The van der Waals surface area contributed by atoms with Crippen LogP contribution in [0.25, 0.3) is 10.8 Å². The molecular formula is C29H30ClN3O. The number of ether oxygens (including phenoxy) is 1. The van der Waals surface area contributed by atoms with Crippen molar-refractivity contribution in [2.45, 2.75) is 12.8 Å². The van der Waals surface area contributed by atoms with E-state index in [1.807, 2.05) is 18.3 Å². The van der Waals surface area contributed by atoms with E-state index >= 15 is 0 Å². The molecule has 0 radical (unpaired) electrons. The van der Waals surface area contributed by atoms with Crippen molar-refractivity contribution in [1.29, 1.82) is 0 Å². The number of rotatable bonds is 8. The van der Waals surface area contributed by atoms with Crippen LogP contribution in [-0.4, -0.2) is 49.2 Å². The average Bonchev–Trinajstić information content (AvgIpc) is 2.89. The Kier molecular flexibility index (Phi) is 7.28. The van der Waals surface area contributed by atoms with E-state index in [1.54, 1.807) is 0 Å². The van der Waals surface area contributed by atoms with Crippen molar-refractivity contribution in [1.82, 2.24) is 9.88 Å². The van der Waals surface area contributed by atoms with Gasteiger partial charge in [0.25, 0.3) is 0 Å². The molecule has 1 aromatic heterocycles. The number of hydrogen-bond donors (Lipinski definition) is 0. The van der Waals surface area contributed by atoms with Gasteiger partial charge in [-0.2, -0.15) is 0 Å². The third-order valence-corrected chi connectivity index (χ3v) is 6.75. The summed E-state index contributed by atoms with van der Waals surface area (Å²) >= 11 is 6.01. The number of aromatic nitrogens is 1. The second kappa shape index (κ2) is 10.9. The summed E-state index contributed by atoms with van der Waals surface area (Å²) in [6, 6.07) is 27.1. The van der Waals surface area contributed by atoms with E-state index in [0.717, 1.165) is 68.6 Å². The average molecular weight is 472 g/mol. The minimum absolute atomic E-state index is 0.738. The number of fused-ring (bicyclic) bond motifs is 1. The van der Waals surface area contributed by atoms with Crippen LogP contribution in [-0.2, 0) is 6.42 Å². The maximum absolute atomic E-state index is 6.01. The smallest absolute Gasteiger partial charge is 0.119 e. The van der Waals surface area contributed by atoms with E-state index in [9.17, 15) is 0 Å². The van der Waals surface area contributed by atoms with Gasteiger partial charge in [0.15, 0.2) is 0 Å². The lowest BCUT2D eigenvalue weighted by Gasteiger charge is -2.36. The van der Waals surface area contributed by atoms with Gasteiger partial charge in [0, 0.05) is 61.4 Å². The molecule has 0 aliphatic carbocycles. The topological polar surface area (TPSA) is 28.6 Å². The summed E-state index contributed by atoms with van der Waals surface area (Å²) in [5.41, 5.74) is 3.62. The van der Waals surface area contributed by atoms with Gasteiger partial charge in [-0.1, -0.05) is 48.0 Å². The molecule has 0 unspecified atom stereocenters. The van der Waals surface area contributed by atoms with E-state index in [1.165, 1.54) is 22.0 Å². The van der Waals surface area contributed by atoms with Crippen LogP contribution in [0.1, 0.15) is 17.7 Å². The van der Waals surface area contributed by atoms with Crippen molar-refractivity contribution in [3.05, 3.63) is 101 Å². The predicted octanol–water partition coefficient (Wildman–Crippen LogP) is 6.07. The first kappa shape index (κ1) is 22.7. The molecule has 0 N–H and O–H groups in total. The van der Waals surface area contributed by atoms with Gasteiger partial charge in [0.2, 0.25) is 0 Å². The normalized spacial score (nSPS) is 14.4. The molecule has 0 atom stereocenters. The molecule has 5 heteroatoms. The summed E-state index contributed by atoms with van der Waals surface area (Å²) in [5, 5.41) is 3.25. The zero-order valence-electron chi connectivity index (χ0n) is 19.4. The van der Waals surface area contributed by atoms with E-state index < -0.39 is 0 Å². The number of halogens is 1. The Labute approximate surface area is 206 Å². The fourth-order valence-corrected chi connectivity index (χ4v) is 4.71. The van der Waals surface area contributed by atoms with Gasteiger partial charge < -0.3 is 9.64 Å². The molecule has 34 heavy (non-hydrogen) atoms. The van der Waals surface area contributed by atoms with Crippen LogP contribution >= 0.6 is 11.6 Å². The highest BCUT2D eigenvalue weighted by atomic mass is 35.5. The molecule has 1 aliphatic heterocycles. The second-order valence-corrected chi connectivity index (χ2v) is 9.24. The van der Waals surface area contributed by atoms with Gasteiger partial charge in [-0.3, -0.25) is 9.88 Å². The largest absolute Gasteiger partial charge is 0.494 e. The number of benzene rings is 3. The number of anilines is 1. The fraction of sp³-hybridized carbons (Fsp3) is 0.276. The summed E-state index contributed by atoms with van der Waals surface area (Å²) in [7, 11) is 0. The zero-order valence-corrected chi connectivity index (χ0v) is 20.1. The molecular weight excluding hydrogens is 442 g/mol. The third-order valence-electron chi connectivity index (χ3n) is 6.50. The number of piperazine rings is 1. The summed E-state index contributed by atoms with van der Waals surface area (Å²) in [6.45, 7) is 6.07. The molecule has 0 amide bonds. The maximum atomic E-state index is 6.01. The second-order valence-electron chi connectivity index (χ2n) is 8.81. The van der Waals surface area contributed by atoms with Crippen LogP contribution in [0.2, 0.25) is 5.02 Å². The lowest BCUT2D eigenvalue weighted by molar-refractivity contribution is 0.224. The Morgan fingerprint density at radius 1 is 0.824 bits per heavy atom. The molecule has 4 nitrogen and oxygen atoms in total. The SMILES string of the molecule is Clc1ccc(N2CCN(CCCOc3ccc(Cc4nccc5ccccc45)cc3)CC2)cc1. The van der Waals surface area contributed by atoms with Crippen LogP contribution in [0.15, 0.2) is 85.1 Å². The first-order chi connectivity index (χ1) is 16.7. The maximum Gasteiger partial charge on any atom is 0.119 e. The molecule has 0 saturated carbocycles. The van der Waals surface area contributed by atoms with Crippen LogP contribution in [0.5, 0.6) is 5.75 Å². The lowest BCUT2D eigenvalue weighted by Crippen LogP contribution is -2.46. The van der Waals surface area contributed by atoms with Gasteiger partial charge in [-0.15, -0.1) is 0 Å². The molecule has 2 heterocycles. The fourth-order valence-electron chi connectivity index (χ4n) is 4.58. The lowest BCUT2D eigenvalue weighted by atomic mass is 10.0. The molecule has 0 bridgehead atoms.